The fourth-order valence-electron chi connectivity index (χ4n) is 11.2. The minimum Gasteiger partial charge on any atom is -0.507 e. The Hall–Kier alpha value is -7.84. The highest BCUT2D eigenvalue weighted by Gasteiger charge is 2.36. The Kier molecular flexibility index (Phi) is 13.0. The van der Waals surface area contributed by atoms with Crippen LogP contribution in [0.1, 0.15) is 129 Å². The highest BCUT2D eigenvalue weighted by atomic mass is 16.5. The minimum absolute atomic E-state index is 0.0115. The van der Waals surface area contributed by atoms with Crippen LogP contribution in [-0.4, -0.2) is 48.9 Å². The molecule has 0 aliphatic heterocycles. The van der Waals surface area contributed by atoms with Crippen LogP contribution >= 0.6 is 0 Å². The third-order valence-electron chi connectivity index (χ3n) is 14.6. The zero-order chi connectivity index (χ0) is 50.6. The highest BCUT2D eigenvalue weighted by molar-refractivity contribution is 5.68. The van der Waals surface area contributed by atoms with Crippen LogP contribution in [0.3, 0.4) is 0 Å². The summed E-state index contributed by atoms with van der Waals surface area (Å²) in [6.07, 6.45) is 0. The van der Waals surface area contributed by atoms with Crippen molar-refractivity contribution in [2.24, 2.45) is 0 Å². The lowest BCUT2D eigenvalue weighted by atomic mass is 9.74. The molecule has 8 bridgehead atoms. The molecule has 4 atom stereocenters. The van der Waals surface area contributed by atoms with Crippen LogP contribution in [0.25, 0.3) is 0 Å². The number of aromatic hydroxyl groups is 4. The molecular weight excluding hydrogens is 885 g/mol. The molecule has 8 heteroatoms. The summed E-state index contributed by atoms with van der Waals surface area (Å²) in [5.74, 6) is -1.11. The number of benzene rings is 8. The van der Waals surface area contributed by atoms with Crippen molar-refractivity contribution in [3.05, 3.63) is 233 Å². The second-order valence-electron chi connectivity index (χ2n) is 19.3. The molecule has 1 aliphatic rings. The van der Waals surface area contributed by atoms with Crippen LogP contribution in [0, 0.1) is 48.5 Å². The molecule has 4 N–H and O–H groups in total. The van der Waals surface area contributed by atoms with Crippen molar-refractivity contribution in [3.8, 4) is 46.0 Å². The van der Waals surface area contributed by atoms with Crippen molar-refractivity contribution < 1.29 is 39.4 Å². The number of phenolic OH excluding ortho intramolecular Hbond substituents is 4. The summed E-state index contributed by atoms with van der Waals surface area (Å²) < 4.78 is 25.0. The van der Waals surface area contributed by atoms with Crippen molar-refractivity contribution >= 4 is 0 Å². The van der Waals surface area contributed by atoms with Crippen LogP contribution in [-0.2, 0) is 0 Å². The number of aryl methyl sites for hydroxylation is 7. The van der Waals surface area contributed by atoms with Gasteiger partial charge in [0.2, 0.25) is 0 Å². The van der Waals surface area contributed by atoms with Gasteiger partial charge in [-0.25, -0.2) is 0 Å². The van der Waals surface area contributed by atoms with Gasteiger partial charge in [-0.2, -0.15) is 0 Å². The van der Waals surface area contributed by atoms with Crippen molar-refractivity contribution in [2.45, 2.75) is 72.1 Å². The molecule has 9 rings (SSSR count). The Morgan fingerprint density at radius 2 is 0.521 bits per heavy atom. The Morgan fingerprint density at radius 1 is 0.268 bits per heavy atom. The van der Waals surface area contributed by atoms with E-state index >= 15 is 0 Å². The number of rotatable bonds is 8. The maximum absolute atomic E-state index is 12.6. The van der Waals surface area contributed by atoms with E-state index in [0.29, 0.717) is 67.5 Å². The maximum atomic E-state index is 12.6. The lowest BCUT2D eigenvalue weighted by Crippen LogP contribution is -2.15. The van der Waals surface area contributed by atoms with Gasteiger partial charge >= 0.3 is 0 Å². The molecule has 4 unspecified atom stereocenters. The standard InChI is InChI=1S/C63H62O8/c1-33-12-17-40(18-13-33)60-44-25-49(57(69-9)29-52(44)64)62(42-20-15-35(3)23-38(42)6)46-27-51(59(71-11)31-54(46)66)63(43-21-16-36(4)24-39(43)7)47-28-50(58(70-10)32-55(47)67)61(41-19-14-34(2)22-37(41)5)45-26-48(60)56(68-8)30-53(45)65/h12-32,60-67H,1-11H3. The van der Waals surface area contributed by atoms with Gasteiger partial charge in [0.25, 0.3) is 0 Å². The van der Waals surface area contributed by atoms with Crippen LogP contribution in [0.5, 0.6) is 46.0 Å². The summed E-state index contributed by atoms with van der Waals surface area (Å²) in [6, 6.07) is 41.7. The van der Waals surface area contributed by atoms with E-state index in [1.807, 2.05) is 43.3 Å². The van der Waals surface area contributed by atoms with Crippen LogP contribution in [0.15, 0.2) is 127 Å². The fraction of sp³-hybridized carbons (Fsp3) is 0.238. The second-order valence-corrected chi connectivity index (χ2v) is 19.3. The predicted molar refractivity (Wildman–Crippen MR) is 281 cm³/mol. The van der Waals surface area contributed by atoms with E-state index in [1.54, 1.807) is 52.7 Å². The minimum atomic E-state index is -0.676. The molecule has 8 aromatic rings. The molecule has 8 aromatic carbocycles. The molecule has 362 valence electrons. The number of fused-ring (bicyclic) bond motifs is 8. The van der Waals surface area contributed by atoms with Crippen molar-refractivity contribution in [3.63, 3.8) is 0 Å². The molecule has 1 aliphatic carbocycles. The van der Waals surface area contributed by atoms with Crippen LogP contribution < -0.4 is 18.9 Å². The van der Waals surface area contributed by atoms with Gasteiger partial charge in [0.15, 0.2) is 0 Å². The van der Waals surface area contributed by atoms with Gasteiger partial charge in [-0.15, -0.1) is 0 Å². The summed E-state index contributed by atoms with van der Waals surface area (Å²) in [6.45, 7) is 14.4. The average Bonchev–Trinajstić information content (AvgIpc) is 3.34. The van der Waals surface area contributed by atoms with Crippen molar-refractivity contribution in [1.82, 2.24) is 0 Å². The third-order valence-corrected chi connectivity index (χ3v) is 14.6. The first-order chi connectivity index (χ1) is 34.0. The topological polar surface area (TPSA) is 118 Å². The molecule has 0 amide bonds. The number of phenols is 4. The van der Waals surface area contributed by atoms with Crippen LogP contribution in [0.2, 0.25) is 0 Å². The van der Waals surface area contributed by atoms with E-state index in [2.05, 4.69) is 108 Å². The SMILES string of the molecule is COc1cc(O)c2cc1C(c1ccc(C)cc1)c1cc(c(OC)cc1O)C(c1ccc(C)cc1C)c1cc(c(OC)cc1O)C(c1ccc(C)cc1C)c1cc(c(OC)cc1O)C2c1ccc(C)cc1C. The van der Waals surface area contributed by atoms with E-state index in [-0.39, 0.29) is 23.0 Å². The van der Waals surface area contributed by atoms with Gasteiger partial charge < -0.3 is 39.4 Å². The van der Waals surface area contributed by atoms with E-state index in [4.69, 9.17) is 18.9 Å². The van der Waals surface area contributed by atoms with Crippen molar-refractivity contribution in [1.29, 1.82) is 0 Å². The summed E-state index contributed by atoms with van der Waals surface area (Å²) in [4.78, 5) is 0. The number of hydrogen-bond acceptors (Lipinski definition) is 8. The molecule has 0 saturated carbocycles. The summed E-state index contributed by atoms with van der Waals surface area (Å²) in [5.41, 5.74) is 15.8. The summed E-state index contributed by atoms with van der Waals surface area (Å²) >= 11 is 0. The monoisotopic (exact) mass is 946 g/mol. The average molecular weight is 947 g/mol. The number of hydrogen-bond donors (Lipinski definition) is 4. The first-order valence-corrected chi connectivity index (χ1v) is 24.0. The maximum Gasteiger partial charge on any atom is 0.126 e. The molecule has 71 heavy (non-hydrogen) atoms. The highest BCUT2D eigenvalue weighted by Crippen LogP contribution is 2.55. The summed E-state index contributed by atoms with van der Waals surface area (Å²) in [7, 11) is 6.34. The molecule has 0 spiro atoms. The fourth-order valence-corrected chi connectivity index (χ4v) is 11.2. The zero-order valence-corrected chi connectivity index (χ0v) is 42.4. The normalized spacial score (nSPS) is 16.3. The molecular formula is C63H62O8. The van der Waals surface area contributed by atoms with Gasteiger partial charge in [-0.3, -0.25) is 0 Å². The first kappa shape index (κ1) is 48.2. The van der Waals surface area contributed by atoms with Gasteiger partial charge in [0.1, 0.15) is 46.0 Å². The van der Waals surface area contributed by atoms with Crippen LogP contribution in [0.4, 0.5) is 0 Å². The second kappa shape index (κ2) is 19.2. The Morgan fingerprint density at radius 3 is 0.789 bits per heavy atom. The summed E-state index contributed by atoms with van der Waals surface area (Å²) in [5, 5.41) is 50.2. The predicted octanol–water partition coefficient (Wildman–Crippen LogP) is 13.7. The van der Waals surface area contributed by atoms with E-state index in [0.717, 1.165) is 61.2 Å². The zero-order valence-electron chi connectivity index (χ0n) is 42.4. The molecule has 0 heterocycles. The van der Waals surface area contributed by atoms with Gasteiger partial charge in [-0.05, 0) is 112 Å². The van der Waals surface area contributed by atoms with E-state index in [9.17, 15) is 20.4 Å². The van der Waals surface area contributed by atoms with Gasteiger partial charge in [0, 0.05) is 92.4 Å². The molecule has 8 nitrogen and oxygen atoms in total. The Labute approximate surface area is 417 Å². The molecule has 0 fully saturated rings. The Balaban J connectivity index is 1.54. The molecule has 0 aromatic heterocycles. The van der Waals surface area contributed by atoms with Gasteiger partial charge in [-0.1, -0.05) is 101 Å². The van der Waals surface area contributed by atoms with E-state index in [1.165, 1.54) is 0 Å². The lowest BCUT2D eigenvalue weighted by Gasteiger charge is -2.31. The smallest absolute Gasteiger partial charge is 0.126 e. The van der Waals surface area contributed by atoms with E-state index < -0.39 is 23.7 Å². The Bertz CT molecular complexity index is 3300. The molecule has 0 radical (unpaired) electrons. The lowest BCUT2D eigenvalue weighted by molar-refractivity contribution is 0.394. The van der Waals surface area contributed by atoms with Gasteiger partial charge in [0.05, 0.1) is 28.4 Å². The molecule has 0 saturated heterocycles. The number of methoxy groups -OCH3 is 4. The van der Waals surface area contributed by atoms with Crippen molar-refractivity contribution in [2.75, 3.05) is 28.4 Å². The third kappa shape index (κ3) is 8.66. The largest absolute Gasteiger partial charge is 0.507 e. The first-order valence-electron chi connectivity index (χ1n) is 24.0. The number of ether oxygens (including phenoxy) is 4. The quantitative estimate of drug-likeness (QED) is 0.119.